The maximum absolute atomic E-state index is 12.7. The molecule has 2 unspecified atom stereocenters. The van der Waals surface area contributed by atoms with Crippen LogP contribution >= 0.6 is 0 Å². The molecule has 21 heavy (non-hydrogen) atoms. The molecule has 2 rings (SSSR count). The largest absolute Gasteiger partial charge is 0.480 e. The van der Waals surface area contributed by atoms with Gasteiger partial charge in [0.2, 0.25) is 5.91 Å². The van der Waals surface area contributed by atoms with Crippen molar-refractivity contribution < 1.29 is 19.5 Å². The molecule has 0 aromatic rings. The third-order valence-electron chi connectivity index (χ3n) is 4.63. The van der Waals surface area contributed by atoms with E-state index in [2.05, 4.69) is 0 Å². The average Bonchev–Trinajstić information content (AvgIpc) is 2.77. The van der Waals surface area contributed by atoms with Crippen molar-refractivity contribution in [2.24, 2.45) is 5.92 Å². The van der Waals surface area contributed by atoms with Gasteiger partial charge in [0.1, 0.15) is 11.6 Å². The summed E-state index contributed by atoms with van der Waals surface area (Å²) in [5.74, 6) is -1.18. The molecule has 0 saturated carbocycles. The molecule has 2 aliphatic heterocycles. The summed E-state index contributed by atoms with van der Waals surface area (Å²) in [6.07, 6.45) is 0.671. The van der Waals surface area contributed by atoms with Crippen LogP contribution in [0, 0.1) is 5.92 Å². The number of nitrogens with zero attached hydrogens (tertiary/aromatic N) is 3. The zero-order valence-corrected chi connectivity index (χ0v) is 13.0. The normalized spacial score (nSPS) is 29.0. The van der Waals surface area contributed by atoms with E-state index in [0.717, 1.165) is 0 Å². The van der Waals surface area contributed by atoms with Gasteiger partial charge in [0, 0.05) is 26.7 Å². The molecule has 2 fully saturated rings. The van der Waals surface area contributed by atoms with Crippen LogP contribution in [0.4, 0.5) is 4.79 Å². The number of carboxylic acid groups (broad SMARTS) is 1. The van der Waals surface area contributed by atoms with Crippen molar-refractivity contribution in [3.63, 3.8) is 0 Å². The Kier molecular flexibility index (Phi) is 3.86. The number of likely N-dealkylation sites (tertiary alicyclic amines) is 1. The average molecular weight is 297 g/mol. The van der Waals surface area contributed by atoms with Crippen LogP contribution < -0.4 is 0 Å². The molecule has 1 N–H and O–H groups in total. The van der Waals surface area contributed by atoms with E-state index in [-0.39, 0.29) is 17.9 Å². The fraction of sp³-hybridized carbons (Fsp3) is 0.786. The fourth-order valence-corrected chi connectivity index (χ4v) is 3.24. The molecule has 2 heterocycles. The maximum Gasteiger partial charge on any atom is 0.326 e. The predicted molar refractivity (Wildman–Crippen MR) is 75.7 cm³/mol. The highest BCUT2D eigenvalue weighted by atomic mass is 16.4. The van der Waals surface area contributed by atoms with Crippen molar-refractivity contribution in [2.45, 2.75) is 38.8 Å². The second-order valence-electron chi connectivity index (χ2n) is 6.46. The number of carbonyl (C=O) groups is 3. The number of carbonyl (C=O) groups excluding carboxylic acids is 2. The molecule has 0 bridgehead atoms. The summed E-state index contributed by atoms with van der Waals surface area (Å²) in [5.41, 5.74) is -0.945. The first-order chi connectivity index (χ1) is 9.67. The number of piperazine rings is 1. The number of hydrogen-bond acceptors (Lipinski definition) is 3. The second-order valence-corrected chi connectivity index (χ2v) is 6.46. The molecular formula is C14H23N3O4. The van der Waals surface area contributed by atoms with E-state index >= 15 is 0 Å². The molecule has 0 aromatic carbocycles. The summed E-state index contributed by atoms with van der Waals surface area (Å²) in [7, 11) is 1.71. The summed E-state index contributed by atoms with van der Waals surface area (Å²) in [6, 6.07) is -1.15. The number of carboxylic acids is 1. The lowest BCUT2D eigenvalue weighted by atomic mass is 9.98. The highest BCUT2D eigenvalue weighted by Crippen LogP contribution is 2.29. The van der Waals surface area contributed by atoms with Crippen LogP contribution in [0.1, 0.15) is 27.2 Å². The number of rotatable bonds is 1. The zero-order chi connectivity index (χ0) is 15.9. The molecule has 2 aliphatic rings. The SMILES string of the molecule is CC1CCN(C(=O)N2CCN(C)C(=O)C2(C)C)C1C(=O)O. The lowest BCUT2D eigenvalue weighted by molar-refractivity contribution is -0.145. The second kappa shape index (κ2) is 5.20. The molecular weight excluding hydrogens is 274 g/mol. The number of hydrogen-bond donors (Lipinski definition) is 1. The summed E-state index contributed by atoms with van der Waals surface area (Å²) >= 11 is 0. The Bertz CT molecular complexity index is 477. The van der Waals surface area contributed by atoms with E-state index in [0.29, 0.717) is 26.1 Å². The quantitative estimate of drug-likeness (QED) is 0.762. The van der Waals surface area contributed by atoms with Gasteiger partial charge in [0.25, 0.3) is 0 Å². The summed E-state index contributed by atoms with van der Waals surface area (Å²) in [5, 5.41) is 9.34. The van der Waals surface area contributed by atoms with Gasteiger partial charge in [-0.25, -0.2) is 9.59 Å². The van der Waals surface area contributed by atoms with Crippen LogP contribution in [0.2, 0.25) is 0 Å². The number of aliphatic carboxylic acids is 1. The fourth-order valence-electron chi connectivity index (χ4n) is 3.24. The lowest BCUT2D eigenvalue weighted by Gasteiger charge is -2.46. The van der Waals surface area contributed by atoms with Crippen molar-refractivity contribution in [3.05, 3.63) is 0 Å². The van der Waals surface area contributed by atoms with Crippen molar-refractivity contribution in [3.8, 4) is 0 Å². The molecule has 2 saturated heterocycles. The third kappa shape index (κ3) is 2.45. The highest BCUT2D eigenvalue weighted by Gasteiger charge is 2.48. The van der Waals surface area contributed by atoms with Gasteiger partial charge in [-0.15, -0.1) is 0 Å². The van der Waals surface area contributed by atoms with E-state index in [9.17, 15) is 19.5 Å². The molecule has 0 aromatic heterocycles. The molecule has 0 spiro atoms. The van der Waals surface area contributed by atoms with Crippen LogP contribution in [0.5, 0.6) is 0 Å². The Balaban J connectivity index is 2.23. The Hall–Kier alpha value is -1.79. The van der Waals surface area contributed by atoms with Gasteiger partial charge in [0.15, 0.2) is 0 Å². The smallest absolute Gasteiger partial charge is 0.326 e. The van der Waals surface area contributed by atoms with E-state index in [1.807, 2.05) is 6.92 Å². The monoisotopic (exact) mass is 297 g/mol. The van der Waals surface area contributed by atoms with Crippen LogP contribution in [0.3, 0.4) is 0 Å². The Morgan fingerprint density at radius 3 is 2.43 bits per heavy atom. The first-order valence-corrected chi connectivity index (χ1v) is 7.24. The highest BCUT2D eigenvalue weighted by molar-refractivity contribution is 5.92. The Labute approximate surface area is 124 Å². The molecule has 0 aliphatic carbocycles. The van der Waals surface area contributed by atoms with E-state index in [4.69, 9.17) is 0 Å². The maximum atomic E-state index is 12.7. The van der Waals surface area contributed by atoms with E-state index < -0.39 is 17.6 Å². The van der Waals surface area contributed by atoms with Gasteiger partial charge in [-0.3, -0.25) is 4.79 Å². The van der Waals surface area contributed by atoms with Crippen molar-refractivity contribution in [1.82, 2.24) is 14.7 Å². The number of likely N-dealkylation sites (N-methyl/N-ethyl adjacent to an activating group) is 1. The first-order valence-electron chi connectivity index (χ1n) is 7.24. The van der Waals surface area contributed by atoms with E-state index in [1.54, 1.807) is 25.8 Å². The van der Waals surface area contributed by atoms with Crippen LogP contribution in [0.25, 0.3) is 0 Å². The molecule has 7 heteroatoms. The van der Waals surface area contributed by atoms with Crippen molar-refractivity contribution in [2.75, 3.05) is 26.7 Å². The zero-order valence-electron chi connectivity index (χ0n) is 13.0. The van der Waals surface area contributed by atoms with Crippen molar-refractivity contribution in [1.29, 1.82) is 0 Å². The third-order valence-corrected chi connectivity index (χ3v) is 4.63. The summed E-state index contributed by atoms with van der Waals surface area (Å²) in [4.78, 5) is 40.9. The molecule has 0 radical (unpaired) electrons. The predicted octanol–water partition coefficient (Wildman–Crippen LogP) is 0.454. The van der Waals surface area contributed by atoms with Gasteiger partial charge in [-0.05, 0) is 26.2 Å². The Morgan fingerprint density at radius 2 is 1.86 bits per heavy atom. The van der Waals surface area contributed by atoms with Crippen molar-refractivity contribution >= 4 is 17.9 Å². The standard InChI is InChI=1S/C14H23N3O4/c1-9-5-6-16(10(9)11(18)19)13(21)17-8-7-15(4)12(20)14(17,2)3/h9-10H,5-8H2,1-4H3,(H,18,19). The summed E-state index contributed by atoms with van der Waals surface area (Å²) < 4.78 is 0. The molecule has 7 nitrogen and oxygen atoms in total. The molecule has 118 valence electrons. The van der Waals surface area contributed by atoms with Crippen LogP contribution in [-0.2, 0) is 9.59 Å². The topological polar surface area (TPSA) is 81.2 Å². The minimum Gasteiger partial charge on any atom is -0.480 e. The number of urea groups is 1. The molecule has 2 atom stereocenters. The molecule has 3 amide bonds. The van der Waals surface area contributed by atoms with Gasteiger partial charge in [-0.2, -0.15) is 0 Å². The van der Waals surface area contributed by atoms with Crippen LogP contribution in [0.15, 0.2) is 0 Å². The minimum atomic E-state index is -0.980. The van der Waals surface area contributed by atoms with Crippen LogP contribution in [-0.4, -0.2) is 76.0 Å². The summed E-state index contributed by atoms with van der Waals surface area (Å²) in [6.45, 7) is 6.57. The van der Waals surface area contributed by atoms with Gasteiger partial charge in [0.05, 0.1) is 0 Å². The van der Waals surface area contributed by atoms with Gasteiger partial charge >= 0.3 is 12.0 Å². The lowest BCUT2D eigenvalue weighted by Crippen LogP contribution is -2.66. The number of amides is 3. The minimum absolute atomic E-state index is 0.0715. The Morgan fingerprint density at radius 1 is 1.24 bits per heavy atom. The van der Waals surface area contributed by atoms with Gasteiger partial charge in [-0.1, -0.05) is 6.92 Å². The van der Waals surface area contributed by atoms with E-state index in [1.165, 1.54) is 9.80 Å². The van der Waals surface area contributed by atoms with Gasteiger partial charge < -0.3 is 19.8 Å². The first kappa shape index (κ1) is 15.6.